The molecule has 1 aromatic rings. The minimum absolute atomic E-state index is 0.474. The van der Waals surface area contributed by atoms with Gasteiger partial charge in [0.25, 0.3) is 0 Å². The molecular weight excluding hydrogens is 220 g/mol. The maximum atomic E-state index is 3.86. The van der Waals surface area contributed by atoms with Crippen molar-refractivity contribution in [1.29, 1.82) is 0 Å². The van der Waals surface area contributed by atoms with Gasteiger partial charge in [0, 0.05) is 18.6 Å². The molecule has 2 heteroatoms. The number of rotatable bonds is 3. The van der Waals surface area contributed by atoms with Crippen molar-refractivity contribution in [3.8, 4) is 0 Å². The highest BCUT2D eigenvalue weighted by atomic mass is 15.2. The molecule has 0 aromatic heterocycles. The van der Waals surface area contributed by atoms with E-state index in [1.807, 2.05) is 0 Å². The molecule has 0 amide bonds. The van der Waals surface area contributed by atoms with Crippen LogP contribution >= 0.6 is 0 Å². The molecule has 0 aliphatic carbocycles. The second kappa shape index (κ2) is 5.02. The lowest BCUT2D eigenvalue weighted by Gasteiger charge is -2.33. The maximum absolute atomic E-state index is 3.86. The molecule has 1 N–H and O–H groups in total. The smallest absolute Gasteiger partial charge is 0.0294 e. The summed E-state index contributed by atoms with van der Waals surface area (Å²) in [5.41, 5.74) is 2.78. The second-order valence-corrected chi connectivity index (χ2v) is 6.05. The number of aryl methyl sites for hydroxylation is 1. The van der Waals surface area contributed by atoms with Crippen molar-refractivity contribution < 1.29 is 0 Å². The molecule has 4 atom stereocenters. The molecular formula is C16H24N2. The second-order valence-electron chi connectivity index (χ2n) is 6.05. The zero-order valence-corrected chi connectivity index (χ0v) is 11.5. The van der Waals surface area contributed by atoms with E-state index in [0.717, 1.165) is 12.0 Å². The fraction of sp³-hybridized carbons (Fsp3) is 0.625. The summed E-state index contributed by atoms with van der Waals surface area (Å²) in [5.74, 6) is 0.881. The Morgan fingerprint density at radius 3 is 2.94 bits per heavy atom. The minimum Gasteiger partial charge on any atom is -0.307 e. The third kappa shape index (κ3) is 2.45. The van der Waals surface area contributed by atoms with Crippen LogP contribution in [0.4, 0.5) is 0 Å². The van der Waals surface area contributed by atoms with Crippen molar-refractivity contribution in [2.24, 2.45) is 5.92 Å². The van der Waals surface area contributed by atoms with E-state index >= 15 is 0 Å². The predicted molar refractivity (Wildman–Crippen MR) is 75.7 cm³/mol. The first-order valence-corrected chi connectivity index (χ1v) is 7.27. The lowest BCUT2D eigenvalue weighted by Crippen LogP contribution is -2.44. The molecule has 0 radical (unpaired) electrons. The molecule has 1 aromatic carbocycles. The van der Waals surface area contributed by atoms with Gasteiger partial charge in [0.2, 0.25) is 0 Å². The average molecular weight is 244 g/mol. The molecule has 3 rings (SSSR count). The monoisotopic (exact) mass is 244 g/mol. The topological polar surface area (TPSA) is 15.3 Å². The SMILES string of the molecule is Cc1cccc([C@@H](C)NC2CCN3CCC2C3)c1. The highest BCUT2D eigenvalue weighted by molar-refractivity contribution is 5.24. The summed E-state index contributed by atoms with van der Waals surface area (Å²) in [6.07, 6.45) is 2.71. The molecule has 98 valence electrons. The largest absolute Gasteiger partial charge is 0.307 e. The van der Waals surface area contributed by atoms with Crippen LogP contribution in [0, 0.1) is 12.8 Å². The molecule has 2 fully saturated rings. The predicted octanol–water partition coefficient (Wildman–Crippen LogP) is 2.74. The molecule has 2 bridgehead atoms. The van der Waals surface area contributed by atoms with Gasteiger partial charge in [-0.15, -0.1) is 0 Å². The van der Waals surface area contributed by atoms with E-state index in [1.165, 1.54) is 43.6 Å². The standard InChI is InChI=1S/C16H24N2/c1-12-4-3-5-14(10-12)13(2)17-16-7-9-18-8-6-15(16)11-18/h3-5,10,13,15-17H,6-9,11H2,1-2H3/t13-,15?,16?/m1/s1. The number of piperidine rings is 1. The third-order valence-electron chi connectivity index (χ3n) is 4.64. The summed E-state index contributed by atoms with van der Waals surface area (Å²) in [6, 6.07) is 10.1. The van der Waals surface area contributed by atoms with Crippen LogP contribution in [-0.2, 0) is 0 Å². The summed E-state index contributed by atoms with van der Waals surface area (Å²) in [6.45, 7) is 8.40. The molecule has 2 saturated heterocycles. The summed E-state index contributed by atoms with van der Waals surface area (Å²) in [5, 5.41) is 3.86. The van der Waals surface area contributed by atoms with E-state index < -0.39 is 0 Å². The molecule has 2 aliphatic heterocycles. The summed E-state index contributed by atoms with van der Waals surface area (Å²) in [7, 11) is 0. The molecule has 0 spiro atoms. The quantitative estimate of drug-likeness (QED) is 0.879. The number of nitrogens with one attached hydrogen (secondary N) is 1. The first-order valence-electron chi connectivity index (χ1n) is 7.27. The van der Waals surface area contributed by atoms with E-state index in [9.17, 15) is 0 Å². The molecule has 2 nitrogen and oxygen atoms in total. The lowest BCUT2D eigenvalue weighted by molar-refractivity contribution is 0.212. The van der Waals surface area contributed by atoms with Crippen LogP contribution in [-0.4, -0.2) is 30.6 Å². The number of benzene rings is 1. The van der Waals surface area contributed by atoms with Crippen molar-refractivity contribution in [1.82, 2.24) is 10.2 Å². The van der Waals surface area contributed by atoms with E-state index in [-0.39, 0.29) is 0 Å². The van der Waals surface area contributed by atoms with E-state index in [4.69, 9.17) is 0 Å². The fourth-order valence-corrected chi connectivity index (χ4v) is 3.53. The molecule has 18 heavy (non-hydrogen) atoms. The Bertz CT molecular complexity index is 415. The van der Waals surface area contributed by atoms with Gasteiger partial charge < -0.3 is 10.2 Å². The fourth-order valence-electron chi connectivity index (χ4n) is 3.53. The lowest BCUT2D eigenvalue weighted by atomic mass is 9.92. The molecule has 2 aliphatic rings. The van der Waals surface area contributed by atoms with Gasteiger partial charge >= 0.3 is 0 Å². The van der Waals surface area contributed by atoms with E-state index in [0.29, 0.717) is 6.04 Å². The Labute approximate surface area is 110 Å². The summed E-state index contributed by atoms with van der Waals surface area (Å²) in [4.78, 5) is 2.61. The van der Waals surface area contributed by atoms with Gasteiger partial charge in [-0.2, -0.15) is 0 Å². The third-order valence-corrected chi connectivity index (χ3v) is 4.64. The van der Waals surface area contributed by atoms with Gasteiger partial charge in [-0.3, -0.25) is 0 Å². The van der Waals surface area contributed by atoms with Crippen LogP contribution in [0.3, 0.4) is 0 Å². The van der Waals surface area contributed by atoms with E-state index in [2.05, 4.69) is 48.3 Å². The number of fused-ring (bicyclic) bond motifs is 2. The Kier molecular flexibility index (Phi) is 3.40. The number of hydrogen-bond acceptors (Lipinski definition) is 2. The van der Waals surface area contributed by atoms with E-state index in [1.54, 1.807) is 0 Å². The summed E-state index contributed by atoms with van der Waals surface area (Å²) < 4.78 is 0. The van der Waals surface area contributed by atoms with Crippen molar-refractivity contribution in [2.45, 2.75) is 38.8 Å². The zero-order chi connectivity index (χ0) is 12.5. The van der Waals surface area contributed by atoms with Crippen molar-refractivity contribution >= 4 is 0 Å². The number of hydrogen-bond donors (Lipinski definition) is 1. The van der Waals surface area contributed by atoms with Gasteiger partial charge in [-0.05, 0) is 51.3 Å². The molecule has 0 saturated carbocycles. The van der Waals surface area contributed by atoms with Crippen molar-refractivity contribution in [3.05, 3.63) is 35.4 Å². The summed E-state index contributed by atoms with van der Waals surface area (Å²) >= 11 is 0. The van der Waals surface area contributed by atoms with Gasteiger partial charge in [0.1, 0.15) is 0 Å². The van der Waals surface area contributed by atoms with Crippen LogP contribution in [0.2, 0.25) is 0 Å². The van der Waals surface area contributed by atoms with Crippen molar-refractivity contribution in [2.75, 3.05) is 19.6 Å². The first kappa shape index (κ1) is 12.2. The van der Waals surface area contributed by atoms with Crippen LogP contribution in [0.15, 0.2) is 24.3 Å². The maximum Gasteiger partial charge on any atom is 0.0294 e. The molecule has 2 heterocycles. The minimum atomic E-state index is 0.474. The average Bonchev–Trinajstić information content (AvgIpc) is 2.76. The Hall–Kier alpha value is -0.860. The zero-order valence-electron chi connectivity index (χ0n) is 11.5. The van der Waals surface area contributed by atoms with Gasteiger partial charge in [0.15, 0.2) is 0 Å². The van der Waals surface area contributed by atoms with Crippen LogP contribution in [0.5, 0.6) is 0 Å². The van der Waals surface area contributed by atoms with Crippen molar-refractivity contribution in [3.63, 3.8) is 0 Å². The van der Waals surface area contributed by atoms with Crippen LogP contribution in [0.1, 0.15) is 36.9 Å². The van der Waals surface area contributed by atoms with Crippen LogP contribution < -0.4 is 5.32 Å². The van der Waals surface area contributed by atoms with Gasteiger partial charge in [0.05, 0.1) is 0 Å². The Balaban J connectivity index is 1.65. The van der Waals surface area contributed by atoms with Gasteiger partial charge in [-0.25, -0.2) is 0 Å². The van der Waals surface area contributed by atoms with Gasteiger partial charge in [-0.1, -0.05) is 29.8 Å². The highest BCUT2D eigenvalue weighted by Crippen LogP contribution is 2.28. The number of nitrogens with zero attached hydrogens (tertiary/aromatic N) is 1. The Morgan fingerprint density at radius 2 is 2.11 bits per heavy atom. The Morgan fingerprint density at radius 1 is 1.28 bits per heavy atom. The first-order chi connectivity index (χ1) is 8.72. The molecule has 3 unspecified atom stereocenters. The highest BCUT2D eigenvalue weighted by Gasteiger charge is 2.34. The normalized spacial score (nSPS) is 32.4. The van der Waals surface area contributed by atoms with Crippen LogP contribution in [0.25, 0.3) is 0 Å².